The average Bonchev–Trinajstić information content (AvgIpc) is 2.83. The molecule has 1 atom stereocenters. The van der Waals surface area contributed by atoms with Crippen LogP contribution in [0.15, 0.2) is 30.7 Å². The molecule has 20 heavy (non-hydrogen) atoms. The third-order valence-corrected chi connectivity index (χ3v) is 2.98. The summed E-state index contributed by atoms with van der Waals surface area (Å²) < 4.78 is 14.7. The van der Waals surface area contributed by atoms with E-state index in [1.165, 1.54) is 23.0 Å². The van der Waals surface area contributed by atoms with Crippen LogP contribution >= 0.6 is 0 Å². The molecule has 0 aromatic carbocycles. The van der Waals surface area contributed by atoms with Gasteiger partial charge in [-0.25, -0.2) is 9.37 Å². The summed E-state index contributed by atoms with van der Waals surface area (Å²) in [7, 11) is 0. The number of fused-ring (bicyclic) bond motifs is 1. The summed E-state index contributed by atoms with van der Waals surface area (Å²) in [6.45, 7) is 1.62. The number of anilines is 1. The van der Waals surface area contributed by atoms with Gasteiger partial charge in [-0.3, -0.25) is 4.98 Å². The minimum atomic E-state index is -0.722. The van der Waals surface area contributed by atoms with Crippen LogP contribution < -0.4 is 5.73 Å². The zero-order chi connectivity index (χ0) is 14.3. The predicted molar refractivity (Wildman–Crippen MR) is 71.2 cm³/mol. The lowest BCUT2D eigenvalue weighted by molar-refractivity contribution is 0.200. The van der Waals surface area contributed by atoms with E-state index in [4.69, 9.17) is 5.73 Å². The quantitative estimate of drug-likeness (QED) is 0.739. The maximum Gasteiger partial charge on any atom is 0.163 e. The van der Waals surface area contributed by atoms with Crippen molar-refractivity contribution in [3.8, 4) is 11.3 Å². The number of rotatable bonds is 2. The van der Waals surface area contributed by atoms with Gasteiger partial charge in [-0.05, 0) is 13.0 Å². The molecule has 3 N–H and O–H groups in total. The van der Waals surface area contributed by atoms with Gasteiger partial charge in [-0.2, -0.15) is 9.61 Å². The molecule has 0 aliphatic heterocycles. The van der Waals surface area contributed by atoms with E-state index >= 15 is 0 Å². The highest BCUT2D eigenvalue weighted by Crippen LogP contribution is 2.24. The van der Waals surface area contributed by atoms with E-state index in [2.05, 4.69) is 15.1 Å². The van der Waals surface area contributed by atoms with Crippen molar-refractivity contribution in [1.29, 1.82) is 0 Å². The number of hydrogen-bond acceptors (Lipinski definition) is 5. The largest absolute Gasteiger partial charge is 0.389 e. The second-order valence-corrected chi connectivity index (χ2v) is 4.47. The van der Waals surface area contributed by atoms with Gasteiger partial charge in [0.15, 0.2) is 5.65 Å². The van der Waals surface area contributed by atoms with Crippen molar-refractivity contribution in [2.45, 2.75) is 13.0 Å². The lowest BCUT2D eigenvalue weighted by atomic mass is 10.2. The van der Waals surface area contributed by atoms with Gasteiger partial charge in [0.2, 0.25) is 0 Å². The number of nitrogen functional groups attached to an aromatic ring is 1. The first-order valence-electron chi connectivity index (χ1n) is 5.99. The van der Waals surface area contributed by atoms with Gasteiger partial charge in [0.05, 0.1) is 24.2 Å². The molecule has 0 fully saturated rings. The standard InChI is InChI=1S/C13H12FN5O/c1-7(20)10-6-17-19-12(15)3-11(18-13(10)19)8-2-9(14)5-16-4-8/h2-7,20H,15H2,1H3. The molecule has 0 aliphatic rings. The maximum absolute atomic E-state index is 13.2. The van der Waals surface area contributed by atoms with Gasteiger partial charge >= 0.3 is 0 Å². The highest BCUT2D eigenvalue weighted by atomic mass is 19.1. The minimum Gasteiger partial charge on any atom is -0.389 e. The Balaban J connectivity index is 2.25. The van der Waals surface area contributed by atoms with Gasteiger partial charge in [-0.1, -0.05) is 0 Å². The van der Waals surface area contributed by atoms with E-state index in [0.29, 0.717) is 28.3 Å². The van der Waals surface area contributed by atoms with E-state index in [1.807, 2.05) is 0 Å². The fourth-order valence-corrected chi connectivity index (χ4v) is 2.00. The first kappa shape index (κ1) is 12.5. The molecule has 1 unspecified atom stereocenters. The number of halogens is 1. The van der Waals surface area contributed by atoms with Gasteiger partial charge in [0.1, 0.15) is 11.6 Å². The highest BCUT2D eigenvalue weighted by Gasteiger charge is 2.14. The van der Waals surface area contributed by atoms with Crippen molar-refractivity contribution in [3.63, 3.8) is 0 Å². The molecule has 3 aromatic rings. The Kier molecular flexibility index (Phi) is 2.83. The molecule has 0 amide bonds. The van der Waals surface area contributed by atoms with Crippen LogP contribution in [0.25, 0.3) is 16.9 Å². The van der Waals surface area contributed by atoms with Crippen LogP contribution in [-0.4, -0.2) is 24.7 Å². The normalized spacial score (nSPS) is 12.8. The maximum atomic E-state index is 13.2. The summed E-state index contributed by atoms with van der Waals surface area (Å²) in [5, 5.41) is 13.8. The number of nitrogens with two attached hydrogens (primary N) is 1. The molecular formula is C13H12FN5O. The minimum absolute atomic E-state index is 0.348. The van der Waals surface area contributed by atoms with Gasteiger partial charge in [0, 0.05) is 23.4 Å². The summed E-state index contributed by atoms with van der Waals surface area (Å²) in [5.74, 6) is -0.104. The number of aliphatic hydroxyl groups is 1. The van der Waals surface area contributed by atoms with E-state index in [1.54, 1.807) is 13.0 Å². The Morgan fingerprint density at radius 3 is 2.80 bits per heavy atom. The van der Waals surface area contributed by atoms with Crippen molar-refractivity contribution in [1.82, 2.24) is 19.6 Å². The Hall–Kier alpha value is -2.54. The molecule has 0 saturated heterocycles. The molecule has 0 aliphatic carbocycles. The molecule has 7 heteroatoms. The van der Waals surface area contributed by atoms with Crippen molar-refractivity contribution >= 4 is 11.5 Å². The third kappa shape index (κ3) is 1.97. The van der Waals surface area contributed by atoms with Gasteiger partial charge in [0.25, 0.3) is 0 Å². The van der Waals surface area contributed by atoms with E-state index < -0.39 is 11.9 Å². The van der Waals surface area contributed by atoms with Crippen molar-refractivity contribution in [2.24, 2.45) is 0 Å². The first-order valence-corrected chi connectivity index (χ1v) is 5.99. The Morgan fingerprint density at radius 2 is 2.10 bits per heavy atom. The summed E-state index contributed by atoms with van der Waals surface area (Å²) in [6.07, 6.45) is 3.41. The number of aromatic nitrogens is 4. The monoisotopic (exact) mass is 273 g/mol. The topological polar surface area (TPSA) is 89.3 Å². The zero-order valence-electron chi connectivity index (χ0n) is 10.7. The van der Waals surface area contributed by atoms with E-state index in [9.17, 15) is 9.50 Å². The van der Waals surface area contributed by atoms with Crippen LogP contribution in [0.1, 0.15) is 18.6 Å². The third-order valence-electron chi connectivity index (χ3n) is 2.98. The van der Waals surface area contributed by atoms with Crippen LogP contribution in [0.2, 0.25) is 0 Å². The molecule has 3 rings (SSSR count). The summed E-state index contributed by atoms with van der Waals surface area (Å²) >= 11 is 0. The molecule has 6 nitrogen and oxygen atoms in total. The lowest BCUT2D eigenvalue weighted by Crippen LogP contribution is -2.02. The zero-order valence-corrected chi connectivity index (χ0v) is 10.7. The molecule has 3 heterocycles. The predicted octanol–water partition coefficient (Wildman–Crippen LogP) is 1.57. The number of aliphatic hydroxyl groups excluding tert-OH is 1. The second-order valence-electron chi connectivity index (χ2n) is 4.47. The molecule has 102 valence electrons. The SMILES string of the molecule is CC(O)c1cnn2c(N)cc(-c3cncc(F)c3)nc12. The molecular weight excluding hydrogens is 261 g/mol. The van der Waals surface area contributed by atoms with E-state index in [0.717, 1.165) is 6.20 Å². The molecule has 3 aromatic heterocycles. The van der Waals surface area contributed by atoms with Crippen LogP contribution in [0, 0.1) is 5.82 Å². The average molecular weight is 273 g/mol. The number of pyridine rings is 1. The number of nitrogens with zero attached hydrogens (tertiary/aromatic N) is 4. The lowest BCUT2D eigenvalue weighted by Gasteiger charge is -2.06. The van der Waals surface area contributed by atoms with Crippen LogP contribution in [0.5, 0.6) is 0 Å². The van der Waals surface area contributed by atoms with Crippen LogP contribution in [-0.2, 0) is 0 Å². The van der Waals surface area contributed by atoms with Crippen molar-refractivity contribution < 1.29 is 9.50 Å². The second kappa shape index (κ2) is 4.53. The van der Waals surface area contributed by atoms with Gasteiger partial charge in [-0.15, -0.1) is 0 Å². The Bertz CT molecular complexity index is 784. The number of hydrogen-bond donors (Lipinski definition) is 2. The molecule has 0 saturated carbocycles. The van der Waals surface area contributed by atoms with Crippen molar-refractivity contribution in [2.75, 3.05) is 5.73 Å². The van der Waals surface area contributed by atoms with Gasteiger partial charge < -0.3 is 10.8 Å². The molecule has 0 bridgehead atoms. The summed E-state index contributed by atoms with van der Waals surface area (Å²) in [4.78, 5) is 8.17. The fourth-order valence-electron chi connectivity index (χ4n) is 2.00. The molecule has 0 spiro atoms. The summed E-state index contributed by atoms with van der Waals surface area (Å²) in [5.41, 5.74) is 7.90. The van der Waals surface area contributed by atoms with Crippen molar-refractivity contribution in [3.05, 3.63) is 42.1 Å². The summed E-state index contributed by atoms with van der Waals surface area (Å²) in [6, 6.07) is 2.91. The van der Waals surface area contributed by atoms with Crippen LogP contribution in [0.3, 0.4) is 0 Å². The van der Waals surface area contributed by atoms with E-state index in [-0.39, 0.29) is 0 Å². The first-order chi connectivity index (χ1) is 9.56. The Morgan fingerprint density at radius 1 is 1.30 bits per heavy atom. The smallest absolute Gasteiger partial charge is 0.163 e. The van der Waals surface area contributed by atoms with Crippen LogP contribution in [0.4, 0.5) is 10.2 Å². The fraction of sp³-hybridized carbons (Fsp3) is 0.154. The molecule has 0 radical (unpaired) electrons. The Labute approximate surface area is 113 Å². The highest BCUT2D eigenvalue weighted by molar-refractivity contribution is 5.66.